The summed E-state index contributed by atoms with van der Waals surface area (Å²) in [6.07, 6.45) is 3.40. The normalized spacial score (nSPS) is 16.1. The number of benzene rings is 1. The van der Waals surface area contributed by atoms with E-state index in [-0.39, 0.29) is 22.8 Å². The lowest BCUT2D eigenvalue weighted by Gasteiger charge is -2.26. The van der Waals surface area contributed by atoms with Crippen molar-refractivity contribution in [2.75, 3.05) is 7.11 Å². The molecule has 0 saturated heterocycles. The quantitative estimate of drug-likeness (QED) is 0.554. The van der Waals surface area contributed by atoms with Crippen molar-refractivity contribution in [2.45, 2.75) is 5.92 Å². The minimum Gasteiger partial charge on any atom is -0.465 e. The first kappa shape index (κ1) is 15.9. The van der Waals surface area contributed by atoms with Crippen LogP contribution < -0.4 is 21.1 Å². The maximum Gasteiger partial charge on any atom is 0.344 e. The second kappa shape index (κ2) is 6.03. The summed E-state index contributed by atoms with van der Waals surface area (Å²) in [5.74, 6) is -1.26. The third-order valence-corrected chi connectivity index (χ3v) is 4.32. The third kappa shape index (κ3) is 2.33. The Kier molecular flexibility index (Phi) is 3.69. The molecule has 1 aromatic carbocycles. The van der Waals surface area contributed by atoms with E-state index in [1.165, 1.54) is 7.11 Å². The number of carbonyl (C=O) groups excluding carboxylic acids is 1. The van der Waals surface area contributed by atoms with Crippen molar-refractivity contribution in [2.24, 2.45) is 5.73 Å². The zero-order chi connectivity index (χ0) is 18.3. The summed E-state index contributed by atoms with van der Waals surface area (Å²) in [6.45, 7) is 0. The van der Waals surface area contributed by atoms with Crippen molar-refractivity contribution in [1.29, 1.82) is 0 Å². The molecule has 1 unspecified atom stereocenters. The Labute approximate surface area is 147 Å². The van der Waals surface area contributed by atoms with Gasteiger partial charge in [0.2, 0.25) is 5.88 Å². The van der Waals surface area contributed by atoms with Crippen LogP contribution in [0.5, 0.6) is 5.75 Å². The molecule has 2 aromatic heterocycles. The van der Waals surface area contributed by atoms with Crippen molar-refractivity contribution >= 4 is 16.9 Å². The first-order chi connectivity index (χ1) is 12.6. The van der Waals surface area contributed by atoms with Gasteiger partial charge in [-0.3, -0.25) is 0 Å². The maximum atomic E-state index is 12.8. The summed E-state index contributed by atoms with van der Waals surface area (Å²) < 4.78 is 16.0. The fourth-order valence-electron chi connectivity index (χ4n) is 3.19. The summed E-state index contributed by atoms with van der Waals surface area (Å²) in [5, 5.41) is 0.596. The number of aromatic amines is 1. The second-order valence-corrected chi connectivity index (χ2v) is 5.77. The van der Waals surface area contributed by atoms with Crippen LogP contribution >= 0.6 is 0 Å². The van der Waals surface area contributed by atoms with Gasteiger partial charge in [-0.05, 0) is 18.2 Å². The predicted molar refractivity (Wildman–Crippen MR) is 91.2 cm³/mol. The number of hydrogen-bond acceptors (Lipinski definition) is 6. The van der Waals surface area contributed by atoms with E-state index in [1.807, 2.05) is 0 Å². The average molecular weight is 351 g/mol. The fraction of sp³-hybridized carbons (Fsp3) is 0.105. The number of carbonyl (C=O) groups is 1. The molecule has 26 heavy (non-hydrogen) atoms. The van der Waals surface area contributed by atoms with Crippen LogP contribution in [0.15, 0.2) is 69.5 Å². The molecule has 0 aliphatic carbocycles. The Hall–Kier alpha value is -3.61. The zero-order valence-corrected chi connectivity index (χ0v) is 13.8. The number of nitrogens with two attached hydrogens (primary N) is 1. The van der Waals surface area contributed by atoms with Gasteiger partial charge in [0.1, 0.15) is 11.2 Å². The van der Waals surface area contributed by atoms with Gasteiger partial charge in [-0.25, -0.2) is 14.6 Å². The SMILES string of the molecule is COC(=O)C1=C(N)Oc2c(c(=O)oc3ccccc23)C1c1ccc[nH+]c1. The van der Waals surface area contributed by atoms with E-state index in [2.05, 4.69) is 4.98 Å². The molecule has 3 aromatic rings. The van der Waals surface area contributed by atoms with Gasteiger partial charge in [0.25, 0.3) is 0 Å². The highest BCUT2D eigenvalue weighted by Gasteiger charge is 2.39. The molecule has 0 saturated carbocycles. The summed E-state index contributed by atoms with van der Waals surface area (Å²) in [7, 11) is 1.25. The van der Waals surface area contributed by atoms with Gasteiger partial charge in [0.15, 0.2) is 18.1 Å². The van der Waals surface area contributed by atoms with E-state index in [0.717, 1.165) is 0 Å². The number of methoxy groups -OCH3 is 1. The van der Waals surface area contributed by atoms with Crippen molar-refractivity contribution in [3.8, 4) is 5.75 Å². The predicted octanol–water partition coefficient (Wildman–Crippen LogP) is 1.47. The van der Waals surface area contributed by atoms with Gasteiger partial charge in [-0.2, -0.15) is 0 Å². The number of pyridine rings is 1. The molecule has 1 atom stereocenters. The van der Waals surface area contributed by atoms with E-state index >= 15 is 0 Å². The summed E-state index contributed by atoms with van der Waals surface area (Å²) in [6, 6.07) is 10.5. The van der Waals surface area contributed by atoms with Crippen LogP contribution in [0.1, 0.15) is 17.0 Å². The molecule has 0 radical (unpaired) electrons. The second-order valence-electron chi connectivity index (χ2n) is 5.77. The van der Waals surface area contributed by atoms with E-state index in [4.69, 9.17) is 19.6 Å². The van der Waals surface area contributed by atoms with Crippen LogP contribution in [0.4, 0.5) is 0 Å². The number of para-hydroxylation sites is 1. The molecule has 0 amide bonds. The standard InChI is InChI=1S/C19H14N2O5/c1-24-18(22)15-13(10-5-4-8-21-9-10)14-16(26-17(15)20)11-6-2-3-7-12(11)25-19(14)23/h2-9,13H,20H2,1H3/p+1. The summed E-state index contributed by atoms with van der Waals surface area (Å²) >= 11 is 0. The van der Waals surface area contributed by atoms with Crippen molar-refractivity contribution < 1.29 is 23.7 Å². The molecule has 4 rings (SSSR count). The van der Waals surface area contributed by atoms with Gasteiger partial charge in [0, 0.05) is 11.6 Å². The van der Waals surface area contributed by atoms with Gasteiger partial charge >= 0.3 is 11.6 Å². The molecule has 1 aliphatic rings. The maximum absolute atomic E-state index is 12.8. The largest absolute Gasteiger partial charge is 0.465 e. The van der Waals surface area contributed by atoms with Gasteiger partial charge in [0.05, 0.1) is 24.0 Å². The molecule has 3 heterocycles. The Morgan fingerprint density at radius 3 is 2.77 bits per heavy atom. The number of nitrogens with one attached hydrogen (secondary N) is 1. The van der Waals surface area contributed by atoms with Crippen molar-refractivity contribution in [3.05, 3.63) is 81.8 Å². The first-order valence-electron chi connectivity index (χ1n) is 7.89. The van der Waals surface area contributed by atoms with E-state index in [1.54, 1.807) is 48.8 Å². The lowest BCUT2D eigenvalue weighted by molar-refractivity contribution is -0.378. The highest BCUT2D eigenvalue weighted by atomic mass is 16.5. The number of hydrogen-bond donors (Lipinski definition) is 1. The van der Waals surface area contributed by atoms with Crippen LogP contribution in [0.2, 0.25) is 0 Å². The lowest BCUT2D eigenvalue weighted by Crippen LogP contribution is -2.31. The Morgan fingerprint density at radius 2 is 2.04 bits per heavy atom. The van der Waals surface area contributed by atoms with Gasteiger partial charge in [-0.15, -0.1) is 0 Å². The molecule has 3 N–H and O–H groups in total. The molecule has 7 nitrogen and oxygen atoms in total. The van der Waals surface area contributed by atoms with Gasteiger partial charge < -0.3 is 19.6 Å². The van der Waals surface area contributed by atoms with Crippen LogP contribution in [0, 0.1) is 0 Å². The fourth-order valence-corrected chi connectivity index (χ4v) is 3.19. The topological polar surface area (TPSA) is 106 Å². The number of fused-ring (bicyclic) bond motifs is 3. The third-order valence-electron chi connectivity index (χ3n) is 4.32. The van der Waals surface area contributed by atoms with E-state index in [9.17, 15) is 9.59 Å². The minimum absolute atomic E-state index is 0.0576. The zero-order valence-electron chi connectivity index (χ0n) is 13.8. The van der Waals surface area contributed by atoms with Crippen LogP contribution in [-0.4, -0.2) is 13.1 Å². The monoisotopic (exact) mass is 351 g/mol. The van der Waals surface area contributed by atoms with Crippen molar-refractivity contribution in [1.82, 2.24) is 0 Å². The van der Waals surface area contributed by atoms with Crippen LogP contribution in [-0.2, 0) is 9.53 Å². The van der Waals surface area contributed by atoms with Crippen LogP contribution in [0.3, 0.4) is 0 Å². The molecule has 7 heteroatoms. The Morgan fingerprint density at radius 1 is 1.23 bits per heavy atom. The Bertz CT molecular complexity index is 1100. The first-order valence-corrected chi connectivity index (χ1v) is 7.89. The number of ether oxygens (including phenoxy) is 2. The van der Waals surface area contributed by atoms with Gasteiger partial charge in [-0.1, -0.05) is 12.1 Å². The number of rotatable bonds is 2. The molecular weight excluding hydrogens is 336 g/mol. The smallest absolute Gasteiger partial charge is 0.344 e. The molecule has 1 aliphatic heterocycles. The number of aromatic nitrogens is 1. The molecule has 0 bridgehead atoms. The minimum atomic E-state index is -0.774. The lowest BCUT2D eigenvalue weighted by atomic mass is 9.84. The van der Waals surface area contributed by atoms with E-state index < -0.39 is 17.5 Å². The average Bonchev–Trinajstić information content (AvgIpc) is 2.67. The highest BCUT2D eigenvalue weighted by molar-refractivity contribution is 5.94. The summed E-state index contributed by atoms with van der Waals surface area (Å²) in [5.41, 5.74) is 6.76. The molecular formula is C19H15N2O5+. The molecule has 130 valence electrons. The molecule has 0 fully saturated rings. The highest BCUT2D eigenvalue weighted by Crippen LogP contribution is 2.43. The Balaban J connectivity index is 2.08. The number of esters is 1. The molecule has 0 spiro atoms. The summed E-state index contributed by atoms with van der Waals surface area (Å²) in [4.78, 5) is 28.1. The van der Waals surface area contributed by atoms with E-state index in [0.29, 0.717) is 16.5 Å². The van der Waals surface area contributed by atoms with Crippen LogP contribution in [0.25, 0.3) is 11.0 Å². The number of H-pyrrole nitrogens is 1. The van der Waals surface area contributed by atoms with Crippen molar-refractivity contribution in [3.63, 3.8) is 0 Å².